The number of carbonyl (C=O) groups is 1. The van der Waals surface area contributed by atoms with Gasteiger partial charge in [0.05, 0.1) is 38.7 Å². The summed E-state index contributed by atoms with van der Waals surface area (Å²) in [6, 6.07) is 5.59. The number of hydrogen-bond acceptors (Lipinski definition) is 8. The molecule has 0 aliphatic rings. The summed E-state index contributed by atoms with van der Waals surface area (Å²) in [5.74, 6) is 0.997. The number of rotatable bonds is 9. The van der Waals surface area contributed by atoms with E-state index < -0.39 is 0 Å². The van der Waals surface area contributed by atoms with Crippen LogP contribution in [0.15, 0.2) is 28.7 Å². The Morgan fingerprint density at radius 1 is 1.36 bits per heavy atom. The maximum absolute atomic E-state index is 11.4. The van der Waals surface area contributed by atoms with Gasteiger partial charge in [-0.3, -0.25) is 10.2 Å². The van der Waals surface area contributed by atoms with Gasteiger partial charge in [0.1, 0.15) is 0 Å². The summed E-state index contributed by atoms with van der Waals surface area (Å²) in [4.78, 5) is 15.7. The van der Waals surface area contributed by atoms with Crippen molar-refractivity contribution in [3.8, 4) is 11.5 Å². The van der Waals surface area contributed by atoms with Crippen molar-refractivity contribution in [2.75, 3.05) is 25.7 Å². The fraction of sp³-hybridized carbons (Fsp3) is 0.353. The molecule has 2 rings (SSSR count). The molecule has 0 fully saturated rings. The number of esters is 1. The molecule has 1 aromatic heterocycles. The van der Waals surface area contributed by atoms with Crippen molar-refractivity contribution in [3.63, 3.8) is 0 Å². The van der Waals surface area contributed by atoms with Crippen molar-refractivity contribution in [2.24, 2.45) is 5.10 Å². The smallest absolute Gasteiger partial charge is 0.311 e. The molecule has 1 heterocycles. The van der Waals surface area contributed by atoms with Crippen molar-refractivity contribution < 1.29 is 19.0 Å². The molecule has 1 aromatic carbocycles. The topological polar surface area (TPSA) is 82.0 Å². The summed E-state index contributed by atoms with van der Waals surface area (Å²) < 4.78 is 15.8. The minimum atomic E-state index is -0.291. The van der Waals surface area contributed by atoms with Gasteiger partial charge in [0.25, 0.3) is 0 Å². The van der Waals surface area contributed by atoms with Crippen molar-refractivity contribution >= 4 is 28.7 Å². The van der Waals surface area contributed by atoms with Crippen molar-refractivity contribution in [2.45, 2.75) is 20.3 Å². The lowest BCUT2D eigenvalue weighted by Crippen LogP contribution is -2.07. The second kappa shape index (κ2) is 9.63. The number of carbonyl (C=O) groups excluding carboxylic acids is 1. The second-order valence-electron chi connectivity index (χ2n) is 4.81. The molecule has 0 spiro atoms. The number of nitrogens with zero attached hydrogens (tertiary/aromatic N) is 2. The van der Waals surface area contributed by atoms with Gasteiger partial charge in [0.15, 0.2) is 11.5 Å². The molecule has 25 heavy (non-hydrogen) atoms. The third-order valence-corrected chi connectivity index (χ3v) is 3.86. The van der Waals surface area contributed by atoms with Crippen LogP contribution in [-0.2, 0) is 16.0 Å². The highest BCUT2D eigenvalue weighted by molar-refractivity contribution is 7.13. The lowest BCUT2D eigenvalue weighted by Gasteiger charge is -2.10. The maximum atomic E-state index is 11.4. The lowest BCUT2D eigenvalue weighted by molar-refractivity contribution is -0.142. The number of para-hydroxylation sites is 1. The molecule has 1 N–H and O–H groups in total. The van der Waals surface area contributed by atoms with Gasteiger partial charge < -0.3 is 14.2 Å². The van der Waals surface area contributed by atoms with Gasteiger partial charge in [0, 0.05) is 10.9 Å². The summed E-state index contributed by atoms with van der Waals surface area (Å²) in [7, 11) is 1.59. The average molecular weight is 363 g/mol. The van der Waals surface area contributed by atoms with Crippen LogP contribution in [0, 0.1) is 0 Å². The average Bonchev–Trinajstić information content (AvgIpc) is 3.03. The zero-order valence-electron chi connectivity index (χ0n) is 14.4. The fourth-order valence-electron chi connectivity index (χ4n) is 2.08. The first-order valence-corrected chi connectivity index (χ1v) is 8.74. The largest absolute Gasteiger partial charge is 0.492 e. The van der Waals surface area contributed by atoms with Crippen molar-refractivity contribution in [1.29, 1.82) is 0 Å². The van der Waals surface area contributed by atoms with Crippen molar-refractivity contribution in [1.82, 2.24) is 4.98 Å². The monoisotopic (exact) mass is 363 g/mol. The van der Waals surface area contributed by atoms with Crippen LogP contribution >= 0.6 is 11.3 Å². The molecule has 134 valence electrons. The highest BCUT2D eigenvalue weighted by Crippen LogP contribution is 2.30. The van der Waals surface area contributed by atoms with Crippen LogP contribution < -0.4 is 14.9 Å². The number of thiazole rings is 1. The number of hydrazone groups is 1. The summed E-state index contributed by atoms with van der Waals surface area (Å²) in [6.07, 6.45) is 1.79. The predicted molar refractivity (Wildman–Crippen MR) is 97.8 cm³/mol. The van der Waals surface area contributed by atoms with Gasteiger partial charge in [-0.05, 0) is 26.0 Å². The Bertz CT molecular complexity index is 730. The Labute approximate surface area is 150 Å². The van der Waals surface area contributed by atoms with E-state index in [2.05, 4.69) is 15.5 Å². The minimum Gasteiger partial charge on any atom is -0.492 e. The van der Waals surface area contributed by atoms with E-state index in [0.29, 0.717) is 35.5 Å². The Morgan fingerprint density at radius 2 is 2.20 bits per heavy atom. The molecule has 2 aromatic rings. The van der Waals surface area contributed by atoms with E-state index in [-0.39, 0.29) is 12.4 Å². The van der Waals surface area contributed by atoms with Crippen LogP contribution in [0.1, 0.15) is 25.1 Å². The first kappa shape index (κ1) is 18.7. The molecule has 0 saturated heterocycles. The SMILES string of the molecule is CCOC(=O)Cc1csc(N/N=C\c2cccc(OCC)c2OC)n1. The standard InChI is InChI=1S/C17H21N3O4S/c1-4-23-14-8-6-7-12(16(14)22-3)10-18-20-17-19-13(11-25-17)9-15(21)24-5-2/h6-8,10-11H,4-5,9H2,1-3H3,(H,19,20)/b18-10-. The number of methoxy groups -OCH3 is 1. The number of benzene rings is 1. The summed E-state index contributed by atoms with van der Waals surface area (Å²) in [5, 5.41) is 6.56. The fourth-order valence-corrected chi connectivity index (χ4v) is 2.74. The van der Waals surface area contributed by atoms with Crippen LogP contribution in [0.4, 0.5) is 5.13 Å². The number of nitrogens with one attached hydrogen (secondary N) is 1. The Morgan fingerprint density at radius 3 is 2.92 bits per heavy atom. The number of ether oxygens (including phenoxy) is 3. The van der Waals surface area contributed by atoms with Crippen molar-refractivity contribution in [3.05, 3.63) is 34.8 Å². The molecule has 0 unspecified atom stereocenters. The zero-order valence-corrected chi connectivity index (χ0v) is 15.3. The van der Waals surface area contributed by atoms with Crippen LogP contribution in [0.5, 0.6) is 11.5 Å². The van der Waals surface area contributed by atoms with Gasteiger partial charge >= 0.3 is 5.97 Å². The molecular weight excluding hydrogens is 342 g/mol. The Balaban J connectivity index is 2.01. The molecule has 0 amide bonds. The van der Waals surface area contributed by atoms with E-state index in [1.807, 2.05) is 25.1 Å². The molecule has 0 bridgehead atoms. The number of anilines is 1. The molecular formula is C17H21N3O4S. The van der Waals surface area contributed by atoms with E-state index in [0.717, 1.165) is 5.56 Å². The molecule has 0 atom stereocenters. The van der Waals surface area contributed by atoms with E-state index in [4.69, 9.17) is 14.2 Å². The summed E-state index contributed by atoms with van der Waals surface area (Å²) >= 11 is 1.37. The van der Waals surface area contributed by atoms with Crippen LogP contribution in [0.3, 0.4) is 0 Å². The van der Waals surface area contributed by atoms with E-state index in [1.54, 1.807) is 25.6 Å². The first-order valence-electron chi connectivity index (χ1n) is 7.86. The van der Waals surface area contributed by atoms with Gasteiger partial charge in [-0.15, -0.1) is 11.3 Å². The van der Waals surface area contributed by atoms with E-state index >= 15 is 0 Å². The molecule has 8 heteroatoms. The normalized spacial score (nSPS) is 10.7. The van der Waals surface area contributed by atoms with Gasteiger partial charge in [-0.1, -0.05) is 6.07 Å². The number of hydrogen-bond donors (Lipinski definition) is 1. The van der Waals surface area contributed by atoms with Gasteiger partial charge in [-0.2, -0.15) is 5.10 Å². The van der Waals surface area contributed by atoms with Crippen LogP contribution in [0.25, 0.3) is 0 Å². The lowest BCUT2D eigenvalue weighted by atomic mass is 10.2. The van der Waals surface area contributed by atoms with Crippen LogP contribution in [-0.4, -0.2) is 37.5 Å². The predicted octanol–water partition coefficient (Wildman–Crippen LogP) is 3.10. The number of aromatic nitrogens is 1. The maximum Gasteiger partial charge on any atom is 0.311 e. The first-order chi connectivity index (χ1) is 12.2. The highest BCUT2D eigenvalue weighted by Gasteiger charge is 2.09. The van der Waals surface area contributed by atoms with Gasteiger partial charge in [-0.25, -0.2) is 4.98 Å². The summed E-state index contributed by atoms with van der Waals surface area (Å²) in [6.45, 7) is 4.60. The Hall–Kier alpha value is -2.61. The minimum absolute atomic E-state index is 0.153. The molecule has 0 radical (unpaired) electrons. The quantitative estimate of drug-likeness (QED) is 0.419. The van der Waals surface area contributed by atoms with Crippen LogP contribution in [0.2, 0.25) is 0 Å². The Kier molecular flexibility index (Phi) is 7.21. The molecule has 0 aliphatic heterocycles. The molecule has 0 aliphatic carbocycles. The zero-order chi connectivity index (χ0) is 18.1. The molecule has 7 nitrogen and oxygen atoms in total. The third kappa shape index (κ3) is 5.46. The third-order valence-electron chi connectivity index (χ3n) is 3.06. The van der Waals surface area contributed by atoms with E-state index in [1.165, 1.54) is 11.3 Å². The van der Waals surface area contributed by atoms with Gasteiger partial charge in [0.2, 0.25) is 5.13 Å². The molecule has 0 saturated carbocycles. The highest BCUT2D eigenvalue weighted by atomic mass is 32.1. The van der Waals surface area contributed by atoms with E-state index in [9.17, 15) is 4.79 Å². The summed E-state index contributed by atoms with van der Waals surface area (Å²) in [5.41, 5.74) is 4.28. The second-order valence-corrected chi connectivity index (χ2v) is 5.67.